The maximum Gasteiger partial charge on any atom is 0.233 e. The lowest BCUT2D eigenvalue weighted by molar-refractivity contribution is -0.129. The van der Waals surface area contributed by atoms with E-state index in [1.165, 1.54) is 30.2 Å². The van der Waals surface area contributed by atoms with Crippen LogP contribution in [0.3, 0.4) is 0 Å². The third-order valence-electron chi connectivity index (χ3n) is 6.22. The number of benzene rings is 2. The zero-order valence-corrected chi connectivity index (χ0v) is 18.5. The van der Waals surface area contributed by atoms with Gasteiger partial charge in [0.2, 0.25) is 11.1 Å². The molecule has 160 valence electrons. The monoisotopic (exact) mass is 432 g/mol. The van der Waals surface area contributed by atoms with Crippen LogP contribution in [0.25, 0.3) is 5.69 Å². The SMILES string of the molecule is O=C(CSc1nc(C2CC2)n(-c2ccccc2)n1)N1CCC(Cc2ccccc2)CC1. The second-order valence-electron chi connectivity index (χ2n) is 8.58. The van der Waals surface area contributed by atoms with Gasteiger partial charge in [-0.25, -0.2) is 9.67 Å². The Labute approximate surface area is 187 Å². The van der Waals surface area contributed by atoms with Crippen molar-refractivity contribution < 1.29 is 4.79 Å². The molecule has 0 radical (unpaired) electrons. The number of nitrogens with zero attached hydrogens (tertiary/aromatic N) is 4. The molecule has 0 spiro atoms. The average molecular weight is 433 g/mol. The van der Waals surface area contributed by atoms with Gasteiger partial charge in [-0.3, -0.25) is 4.79 Å². The number of hydrogen-bond donors (Lipinski definition) is 0. The molecule has 2 aliphatic rings. The lowest BCUT2D eigenvalue weighted by Gasteiger charge is -2.32. The summed E-state index contributed by atoms with van der Waals surface area (Å²) in [7, 11) is 0. The lowest BCUT2D eigenvalue weighted by atomic mass is 9.90. The number of piperidine rings is 1. The van der Waals surface area contributed by atoms with Crippen LogP contribution in [-0.2, 0) is 11.2 Å². The summed E-state index contributed by atoms with van der Waals surface area (Å²) in [6.45, 7) is 1.71. The number of rotatable bonds is 7. The Morgan fingerprint density at radius 1 is 0.935 bits per heavy atom. The quantitative estimate of drug-likeness (QED) is 0.507. The van der Waals surface area contributed by atoms with E-state index in [2.05, 4.69) is 42.5 Å². The van der Waals surface area contributed by atoms with Gasteiger partial charge >= 0.3 is 0 Å². The van der Waals surface area contributed by atoms with Crippen molar-refractivity contribution >= 4 is 17.7 Å². The third-order valence-corrected chi connectivity index (χ3v) is 7.04. The van der Waals surface area contributed by atoms with Gasteiger partial charge in [0, 0.05) is 19.0 Å². The number of amides is 1. The minimum absolute atomic E-state index is 0.201. The van der Waals surface area contributed by atoms with Crippen LogP contribution in [0.2, 0.25) is 0 Å². The molecule has 1 saturated heterocycles. The molecular weight excluding hydrogens is 404 g/mol. The van der Waals surface area contributed by atoms with E-state index in [1.807, 2.05) is 27.8 Å². The van der Waals surface area contributed by atoms with Crippen LogP contribution in [0.5, 0.6) is 0 Å². The molecule has 1 aromatic heterocycles. The molecule has 1 saturated carbocycles. The van der Waals surface area contributed by atoms with Crippen molar-refractivity contribution in [2.75, 3.05) is 18.8 Å². The summed E-state index contributed by atoms with van der Waals surface area (Å²) in [6.07, 6.45) is 5.62. The van der Waals surface area contributed by atoms with E-state index in [1.54, 1.807) is 0 Å². The van der Waals surface area contributed by atoms with Gasteiger partial charge in [-0.05, 0) is 55.7 Å². The summed E-state index contributed by atoms with van der Waals surface area (Å²) in [5.74, 6) is 2.81. The predicted octanol–water partition coefficient (Wildman–Crippen LogP) is 4.72. The Kier molecular flexibility index (Phi) is 6.07. The Morgan fingerprint density at radius 3 is 2.29 bits per heavy atom. The van der Waals surface area contributed by atoms with Crippen LogP contribution in [0, 0.1) is 5.92 Å². The molecule has 2 fully saturated rings. The number of thioether (sulfide) groups is 1. The van der Waals surface area contributed by atoms with Gasteiger partial charge in [0.1, 0.15) is 5.82 Å². The molecule has 0 bridgehead atoms. The average Bonchev–Trinajstić information content (AvgIpc) is 3.58. The minimum Gasteiger partial charge on any atom is -0.342 e. The van der Waals surface area contributed by atoms with E-state index in [0.29, 0.717) is 22.7 Å². The molecule has 5 rings (SSSR count). The number of hydrogen-bond acceptors (Lipinski definition) is 4. The van der Waals surface area contributed by atoms with Crippen LogP contribution in [0.1, 0.15) is 43.0 Å². The van der Waals surface area contributed by atoms with Crippen molar-refractivity contribution in [2.24, 2.45) is 5.92 Å². The molecule has 2 heterocycles. The first-order valence-electron chi connectivity index (χ1n) is 11.2. The van der Waals surface area contributed by atoms with Crippen molar-refractivity contribution in [1.29, 1.82) is 0 Å². The van der Waals surface area contributed by atoms with Gasteiger partial charge in [0.15, 0.2) is 0 Å². The van der Waals surface area contributed by atoms with E-state index in [0.717, 1.165) is 43.9 Å². The molecule has 5 nitrogen and oxygen atoms in total. The van der Waals surface area contributed by atoms with Crippen LogP contribution in [0.15, 0.2) is 65.8 Å². The van der Waals surface area contributed by atoms with Gasteiger partial charge in [-0.15, -0.1) is 5.10 Å². The van der Waals surface area contributed by atoms with E-state index in [4.69, 9.17) is 10.1 Å². The highest BCUT2D eigenvalue weighted by molar-refractivity contribution is 7.99. The predicted molar refractivity (Wildman–Crippen MR) is 124 cm³/mol. The number of carbonyl (C=O) groups is 1. The first kappa shape index (κ1) is 20.3. The Morgan fingerprint density at radius 2 is 1.61 bits per heavy atom. The normalized spacial score (nSPS) is 17.1. The summed E-state index contributed by atoms with van der Waals surface area (Å²) in [6, 6.07) is 20.8. The van der Waals surface area contributed by atoms with Gasteiger partial charge in [-0.2, -0.15) is 0 Å². The van der Waals surface area contributed by atoms with Crippen molar-refractivity contribution in [3.63, 3.8) is 0 Å². The highest BCUT2D eigenvalue weighted by Crippen LogP contribution is 2.40. The van der Waals surface area contributed by atoms with E-state index in [-0.39, 0.29) is 5.91 Å². The van der Waals surface area contributed by atoms with Crippen LogP contribution >= 0.6 is 11.8 Å². The van der Waals surface area contributed by atoms with Crippen LogP contribution < -0.4 is 0 Å². The third kappa shape index (κ3) is 5.01. The molecule has 0 N–H and O–H groups in total. The fourth-order valence-electron chi connectivity index (χ4n) is 4.28. The molecule has 1 aliphatic heterocycles. The number of para-hydroxylation sites is 1. The number of carbonyl (C=O) groups excluding carboxylic acids is 1. The fourth-order valence-corrected chi connectivity index (χ4v) is 5.01. The van der Waals surface area contributed by atoms with Gasteiger partial charge < -0.3 is 4.90 Å². The zero-order valence-electron chi connectivity index (χ0n) is 17.7. The van der Waals surface area contributed by atoms with Crippen molar-refractivity contribution in [2.45, 2.75) is 43.2 Å². The Bertz CT molecular complexity index is 1010. The van der Waals surface area contributed by atoms with Crippen LogP contribution in [0.4, 0.5) is 0 Å². The maximum atomic E-state index is 12.8. The summed E-state index contributed by atoms with van der Waals surface area (Å²) in [4.78, 5) is 19.6. The standard InChI is InChI=1S/C25H28N4OS/c30-23(28-15-13-20(14-16-28)17-19-7-3-1-4-8-19)18-31-25-26-24(21-11-12-21)29(27-25)22-9-5-2-6-10-22/h1-10,20-21H,11-18H2. The molecule has 1 amide bonds. The van der Waals surface area contributed by atoms with Crippen molar-refractivity contribution in [3.05, 3.63) is 72.1 Å². The molecule has 0 unspecified atom stereocenters. The molecule has 6 heteroatoms. The molecule has 1 aliphatic carbocycles. The van der Waals surface area contributed by atoms with E-state index < -0.39 is 0 Å². The minimum atomic E-state index is 0.201. The van der Waals surface area contributed by atoms with Gasteiger partial charge in [0.25, 0.3) is 0 Å². The van der Waals surface area contributed by atoms with Gasteiger partial charge in [-0.1, -0.05) is 60.3 Å². The zero-order chi connectivity index (χ0) is 21.0. The second-order valence-corrected chi connectivity index (χ2v) is 9.52. The van der Waals surface area contributed by atoms with E-state index in [9.17, 15) is 4.79 Å². The van der Waals surface area contributed by atoms with Crippen LogP contribution in [-0.4, -0.2) is 44.4 Å². The first-order valence-corrected chi connectivity index (χ1v) is 12.2. The number of likely N-dealkylation sites (tertiary alicyclic amines) is 1. The maximum absolute atomic E-state index is 12.8. The second kappa shape index (κ2) is 9.27. The summed E-state index contributed by atoms with van der Waals surface area (Å²) in [5.41, 5.74) is 2.44. The largest absolute Gasteiger partial charge is 0.342 e. The highest BCUT2D eigenvalue weighted by atomic mass is 32.2. The Hall–Kier alpha value is -2.60. The highest BCUT2D eigenvalue weighted by Gasteiger charge is 2.31. The first-order chi connectivity index (χ1) is 15.3. The summed E-state index contributed by atoms with van der Waals surface area (Å²) < 4.78 is 1.96. The van der Waals surface area contributed by atoms with Gasteiger partial charge in [0.05, 0.1) is 11.4 Å². The van der Waals surface area contributed by atoms with Crippen molar-refractivity contribution in [3.8, 4) is 5.69 Å². The van der Waals surface area contributed by atoms with E-state index >= 15 is 0 Å². The molecule has 31 heavy (non-hydrogen) atoms. The fraction of sp³-hybridized carbons (Fsp3) is 0.400. The summed E-state index contributed by atoms with van der Waals surface area (Å²) in [5, 5.41) is 5.42. The van der Waals surface area contributed by atoms with Crippen molar-refractivity contribution in [1.82, 2.24) is 19.7 Å². The smallest absolute Gasteiger partial charge is 0.233 e. The number of aromatic nitrogens is 3. The topological polar surface area (TPSA) is 51.0 Å². The molecule has 2 aromatic carbocycles. The lowest BCUT2D eigenvalue weighted by Crippen LogP contribution is -2.39. The molecular formula is C25H28N4OS. The molecule has 3 aromatic rings. The molecule has 0 atom stereocenters. The summed E-state index contributed by atoms with van der Waals surface area (Å²) >= 11 is 1.47. The Balaban J connectivity index is 1.15.